The van der Waals surface area contributed by atoms with Gasteiger partial charge in [0.15, 0.2) is 11.9 Å². The van der Waals surface area contributed by atoms with E-state index in [9.17, 15) is 24.4 Å². The van der Waals surface area contributed by atoms with E-state index < -0.39 is 50.1 Å². The fourth-order valence-electron chi connectivity index (χ4n) is 3.55. The van der Waals surface area contributed by atoms with E-state index in [-0.39, 0.29) is 95.1 Å². The SMILES string of the molecule is CCCCCCCCCCCCCCCC(=O)OC[C@H](O)[C@H]1OC(=O)C(OP(=O)(O)O)=C1O.[Na+].[Na+].[Na+]. The quantitative estimate of drug-likeness (QED) is 0.0520. The summed E-state index contributed by atoms with van der Waals surface area (Å²) in [6.07, 6.45) is 12.4. The van der Waals surface area contributed by atoms with E-state index in [0.29, 0.717) is 6.42 Å². The van der Waals surface area contributed by atoms with E-state index in [1.165, 1.54) is 57.8 Å². The van der Waals surface area contributed by atoms with E-state index in [2.05, 4.69) is 16.2 Å². The number of cyclic esters (lactones) is 1. The summed E-state index contributed by atoms with van der Waals surface area (Å²) in [4.78, 5) is 40.8. The summed E-state index contributed by atoms with van der Waals surface area (Å²) in [5.74, 6) is -3.91. The molecule has 0 fully saturated rings. The third-order valence-corrected chi connectivity index (χ3v) is 5.80. The van der Waals surface area contributed by atoms with Gasteiger partial charge in [0.05, 0.1) is 0 Å². The van der Waals surface area contributed by atoms with Crippen LogP contribution in [0.1, 0.15) is 96.8 Å². The van der Waals surface area contributed by atoms with Crippen molar-refractivity contribution in [3.05, 3.63) is 11.5 Å². The maximum atomic E-state index is 11.8. The van der Waals surface area contributed by atoms with Crippen LogP contribution in [-0.4, -0.2) is 50.8 Å². The van der Waals surface area contributed by atoms with E-state index in [1.807, 2.05) is 0 Å². The molecule has 36 heavy (non-hydrogen) atoms. The number of ether oxygens (including phenoxy) is 2. The predicted molar refractivity (Wildman–Crippen MR) is 120 cm³/mol. The Balaban J connectivity index is -0.00000363. The van der Waals surface area contributed by atoms with Crippen LogP contribution in [0, 0.1) is 0 Å². The van der Waals surface area contributed by atoms with Crippen LogP contribution in [0.25, 0.3) is 0 Å². The fourth-order valence-corrected chi connectivity index (χ4v) is 3.95. The molecule has 0 aromatic carbocycles. The zero-order valence-electron chi connectivity index (χ0n) is 22.4. The molecule has 2 atom stereocenters. The number of unbranched alkanes of at least 4 members (excludes halogenated alkanes) is 12. The summed E-state index contributed by atoms with van der Waals surface area (Å²) in [7, 11) is -5.10. The number of esters is 2. The molecule has 1 rings (SSSR count). The number of rotatable bonds is 19. The molecule has 1 heterocycles. The van der Waals surface area contributed by atoms with Crippen molar-refractivity contribution in [3.8, 4) is 0 Å². The number of hydrogen-bond acceptors (Lipinski definition) is 8. The van der Waals surface area contributed by atoms with Crippen molar-refractivity contribution in [2.24, 2.45) is 0 Å². The number of hydrogen-bond donors (Lipinski definition) is 4. The Kier molecular flexibility index (Phi) is 28.2. The Morgan fingerprint density at radius 2 is 1.36 bits per heavy atom. The second-order valence-corrected chi connectivity index (χ2v) is 9.53. The molecule has 0 aliphatic carbocycles. The first-order valence-corrected chi connectivity index (χ1v) is 13.4. The van der Waals surface area contributed by atoms with Crippen LogP contribution < -0.4 is 88.7 Å². The summed E-state index contributed by atoms with van der Waals surface area (Å²) in [6, 6.07) is 0. The van der Waals surface area contributed by atoms with E-state index >= 15 is 0 Å². The van der Waals surface area contributed by atoms with Crippen molar-refractivity contribution < 1.29 is 137 Å². The van der Waals surface area contributed by atoms with Gasteiger partial charge >= 0.3 is 108 Å². The fraction of sp³-hybridized carbons (Fsp3) is 0.818. The zero-order chi connectivity index (χ0) is 24.7. The minimum Gasteiger partial charge on any atom is -0.505 e. The van der Waals surface area contributed by atoms with E-state index in [0.717, 1.165) is 19.3 Å². The standard InChI is InChI=1S/C22H39O10P.3Na/c1-2-3-4-5-6-7-8-9-10-11-12-13-14-15-18(24)30-16-17(23)20-19(25)21(22(26)31-20)32-33(27,28)29;;;/h17,20,23,25H,2-16H2,1H3,(H2,27,28,29);;;/q;3*+1/t17-,20+;;;/m0.../s1. The van der Waals surface area contributed by atoms with Crippen LogP contribution in [0.15, 0.2) is 11.5 Å². The molecule has 1 aliphatic heterocycles. The van der Waals surface area contributed by atoms with Crippen molar-refractivity contribution in [2.45, 2.75) is 109 Å². The molecule has 10 nitrogen and oxygen atoms in total. The first-order valence-electron chi connectivity index (χ1n) is 11.9. The van der Waals surface area contributed by atoms with Gasteiger partial charge in [-0.05, 0) is 6.42 Å². The van der Waals surface area contributed by atoms with Crippen LogP contribution in [0.5, 0.6) is 0 Å². The molecule has 0 unspecified atom stereocenters. The molecule has 14 heteroatoms. The Morgan fingerprint density at radius 3 is 1.81 bits per heavy atom. The number of aliphatic hydroxyl groups is 2. The van der Waals surface area contributed by atoms with Gasteiger partial charge in [-0.15, -0.1) is 0 Å². The molecule has 0 aromatic rings. The maximum absolute atomic E-state index is 11.8. The van der Waals surface area contributed by atoms with Crippen LogP contribution in [-0.2, 0) is 28.2 Å². The summed E-state index contributed by atoms with van der Waals surface area (Å²) in [5, 5.41) is 19.8. The topological polar surface area (TPSA) is 160 Å². The first-order chi connectivity index (χ1) is 15.7. The Labute approximate surface area is 280 Å². The van der Waals surface area contributed by atoms with Gasteiger partial charge in [-0.1, -0.05) is 84.0 Å². The second-order valence-electron chi connectivity index (χ2n) is 8.37. The molecule has 192 valence electrons. The van der Waals surface area contributed by atoms with Gasteiger partial charge in [0.25, 0.3) is 5.76 Å². The van der Waals surface area contributed by atoms with Gasteiger partial charge in [-0.25, -0.2) is 9.36 Å². The van der Waals surface area contributed by atoms with Crippen LogP contribution in [0.4, 0.5) is 0 Å². The van der Waals surface area contributed by atoms with Gasteiger partial charge < -0.3 is 24.2 Å². The van der Waals surface area contributed by atoms with Crippen molar-refractivity contribution >= 4 is 19.8 Å². The number of aliphatic hydroxyl groups excluding tert-OH is 2. The first kappa shape index (κ1) is 41.9. The average molecular weight is 563 g/mol. The molecule has 0 saturated carbocycles. The molecular weight excluding hydrogens is 524 g/mol. The number of carbonyl (C=O) groups is 2. The summed E-state index contributed by atoms with van der Waals surface area (Å²) >= 11 is 0. The molecule has 0 bridgehead atoms. The zero-order valence-corrected chi connectivity index (χ0v) is 29.3. The van der Waals surface area contributed by atoms with E-state index in [1.54, 1.807) is 0 Å². The molecule has 0 aromatic heterocycles. The molecule has 4 N–H and O–H groups in total. The molecular formula is C22H39Na3O10P+3. The molecule has 0 amide bonds. The molecule has 0 saturated heterocycles. The third kappa shape index (κ3) is 19.4. The number of carbonyl (C=O) groups excluding carboxylic acids is 2. The number of phosphoric acid groups is 1. The predicted octanol–water partition coefficient (Wildman–Crippen LogP) is -4.81. The van der Waals surface area contributed by atoms with Gasteiger partial charge in [0, 0.05) is 6.42 Å². The van der Waals surface area contributed by atoms with Crippen molar-refractivity contribution in [3.63, 3.8) is 0 Å². The van der Waals surface area contributed by atoms with Crippen LogP contribution in [0.2, 0.25) is 0 Å². The third-order valence-electron chi connectivity index (χ3n) is 5.38. The molecule has 0 spiro atoms. The van der Waals surface area contributed by atoms with Crippen molar-refractivity contribution in [2.75, 3.05) is 6.61 Å². The summed E-state index contributed by atoms with van der Waals surface area (Å²) < 4.78 is 24.5. The molecule has 0 radical (unpaired) electrons. The Hall–Kier alpha value is 1.39. The summed E-state index contributed by atoms with van der Waals surface area (Å²) in [5.41, 5.74) is 0. The van der Waals surface area contributed by atoms with Crippen LogP contribution >= 0.6 is 7.82 Å². The largest absolute Gasteiger partial charge is 1.00 e. The van der Waals surface area contributed by atoms with Crippen LogP contribution in [0.3, 0.4) is 0 Å². The smallest absolute Gasteiger partial charge is 0.505 e. The molecule has 1 aliphatic rings. The number of phosphoric ester groups is 1. The van der Waals surface area contributed by atoms with Gasteiger partial charge in [-0.3, -0.25) is 14.6 Å². The van der Waals surface area contributed by atoms with E-state index in [4.69, 9.17) is 14.5 Å². The van der Waals surface area contributed by atoms with Crippen molar-refractivity contribution in [1.29, 1.82) is 0 Å². The van der Waals surface area contributed by atoms with Crippen molar-refractivity contribution in [1.82, 2.24) is 0 Å². The average Bonchev–Trinajstić information content (AvgIpc) is 3.02. The summed E-state index contributed by atoms with van der Waals surface area (Å²) in [6.45, 7) is 1.67. The minimum atomic E-state index is -5.10. The minimum absolute atomic E-state index is 0. The monoisotopic (exact) mass is 563 g/mol. The van der Waals surface area contributed by atoms with Gasteiger partial charge in [-0.2, -0.15) is 0 Å². The maximum Gasteiger partial charge on any atom is 1.00 e. The normalized spacial score (nSPS) is 15.8. The second kappa shape index (κ2) is 24.2. The Morgan fingerprint density at radius 1 is 0.917 bits per heavy atom. The Bertz CT molecular complexity index is 687. The van der Waals surface area contributed by atoms with Gasteiger partial charge in [0.2, 0.25) is 0 Å². The van der Waals surface area contributed by atoms with Gasteiger partial charge in [0.1, 0.15) is 12.7 Å².